The molecule has 3 heteroatoms. The second-order valence-corrected chi connectivity index (χ2v) is 5.33. The van der Waals surface area contributed by atoms with Gasteiger partial charge in [-0.15, -0.1) is 0 Å². The van der Waals surface area contributed by atoms with Gasteiger partial charge in [0.05, 0.1) is 6.61 Å². The minimum Gasteiger partial charge on any atom is -0.493 e. The average molecular weight is 264 g/mol. The van der Waals surface area contributed by atoms with Gasteiger partial charge < -0.3 is 9.72 Å². The Morgan fingerprint density at radius 1 is 1.20 bits per heavy atom. The molecule has 1 aliphatic heterocycles. The number of rotatable bonds is 1. The molecule has 1 aliphatic rings. The number of H-pyrrole nitrogens is 1. The average Bonchev–Trinajstić information content (AvgIpc) is 2.94. The molecule has 0 atom stereocenters. The molecule has 100 valence electrons. The van der Waals surface area contributed by atoms with Crippen LogP contribution >= 0.6 is 0 Å². The van der Waals surface area contributed by atoms with Crippen molar-refractivity contribution in [2.24, 2.45) is 0 Å². The van der Waals surface area contributed by atoms with Gasteiger partial charge in [-0.3, -0.25) is 0 Å². The minimum atomic E-state index is 0.836. The van der Waals surface area contributed by atoms with Crippen molar-refractivity contribution in [2.45, 2.75) is 19.8 Å². The maximum Gasteiger partial charge on any atom is 0.138 e. The molecule has 0 amide bonds. The van der Waals surface area contributed by atoms with Gasteiger partial charge in [0.1, 0.15) is 11.4 Å². The van der Waals surface area contributed by atoms with Gasteiger partial charge in [0.2, 0.25) is 0 Å². The Kier molecular flexibility index (Phi) is 2.52. The van der Waals surface area contributed by atoms with E-state index in [2.05, 4.69) is 40.3 Å². The molecule has 3 aromatic rings. The summed E-state index contributed by atoms with van der Waals surface area (Å²) in [4.78, 5) is 7.73. The molecule has 0 saturated carbocycles. The van der Waals surface area contributed by atoms with Gasteiger partial charge in [-0.2, -0.15) is 0 Å². The van der Waals surface area contributed by atoms with Crippen LogP contribution in [0, 0.1) is 6.92 Å². The molecule has 20 heavy (non-hydrogen) atoms. The topological polar surface area (TPSA) is 37.9 Å². The van der Waals surface area contributed by atoms with E-state index in [1.54, 1.807) is 0 Å². The van der Waals surface area contributed by atoms with Crippen LogP contribution in [0.15, 0.2) is 36.5 Å². The summed E-state index contributed by atoms with van der Waals surface area (Å²) < 4.78 is 5.69. The molecule has 0 fully saturated rings. The Balaban J connectivity index is 1.92. The van der Waals surface area contributed by atoms with Gasteiger partial charge in [0.25, 0.3) is 0 Å². The number of ether oxygens (including phenoxy) is 1. The second kappa shape index (κ2) is 4.37. The molecule has 0 aliphatic carbocycles. The van der Waals surface area contributed by atoms with E-state index in [4.69, 9.17) is 4.74 Å². The second-order valence-electron chi connectivity index (χ2n) is 5.33. The third-order valence-corrected chi connectivity index (χ3v) is 3.88. The molecule has 3 nitrogen and oxygen atoms in total. The number of hydrogen-bond donors (Lipinski definition) is 1. The van der Waals surface area contributed by atoms with Crippen molar-refractivity contribution in [3.63, 3.8) is 0 Å². The maximum absolute atomic E-state index is 5.69. The van der Waals surface area contributed by atoms with E-state index >= 15 is 0 Å². The van der Waals surface area contributed by atoms with E-state index in [1.807, 2.05) is 13.1 Å². The maximum atomic E-state index is 5.69. The Morgan fingerprint density at radius 2 is 2.15 bits per heavy atom. The van der Waals surface area contributed by atoms with E-state index in [-0.39, 0.29) is 0 Å². The zero-order chi connectivity index (χ0) is 13.5. The lowest BCUT2D eigenvalue weighted by molar-refractivity contribution is 0.288. The molecule has 0 spiro atoms. The van der Waals surface area contributed by atoms with Crippen LogP contribution in [-0.2, 0) is 6.42 Å². The smallest absolute Gasteiger partial charge is 0.138 e. The largest absolute Gasteiger partial charge is 0.493 e. The van der Waals surface area contributed by atoms with E-state index in [0.717, 1.165) is 36.5 Å². The summed E-state index contributed by atoms with van der Waals surface area (Å²) in [6.07, 6.45) is 4.15. The number of fused-ring (bicyclic) bond motifs is 2. The van der Waals surface area contributed by atoms with Crippen LogP contribution in [0.1, 0.15) is 17.7 Å². The molecule has 1 aromatic carbocycles. The van der Waals surface area contributed by atoms with Crippen molar-refractivity contribution in [3.05, 3.63) is 47.8 Å². The minimum absolute atomic E-state index is 0.836. The summed E-state index contributed by atoms with van der Waals surface area (Å²) in [5.41, 5.74) is 5.77. The zero-order valence-corrected chi connectivity index (χ0v) is 11.4. The first kappa shape index (κ1) is 11.5. The number of aromatic amines is 1. The third-order valence-electron chi connectivity index (χ3n) is 3.88. The molecule has 4 rings (SSSR count). The number of nitrogens with zero attached hydrogens (tertiary/aromatic N) is 1. The lowest BCUT2D eigenvalue weighted by atomic mass is 9.97. The third kappa shape index (κ3) is 1.78. The SMILES string of the molecule is Cc1cc(-c2ccc3c(c2)CCCO3)c2cc[nH]c2n1. The number of aromatic nitrogens is 2. The van der Waals surface area contributed by atoms with Crippen molar-refractivity contribution >= 4 is 11.0 Å². The first-order valence-electron chi connectivity index (χ1n) is 7.02. The van der Waals surface area contributed by atoms with Crippen LogP contribution < -0.4 is 4.74 Å². The first-order chi connectivity index (χ1) is 9.81. The van der Waals surface area contributed by atoms with Crippen molar-refractivity contribution in [3.8, 4) is 16.9 Å². The highest BCUT2D eigenvalue weighted by Crippen LogP contribution is 2.33. The summed E-state index contributed by atoms with van der Waals surface area (Å²) in [5, 5.41) is 1.17. The number of pyridine rings is 1. The van der Waals surface area contributed by atoms with Crippen LogP contribution in [0.3, 0.4) is 0 Å². The lowest BCUT2D eigenvalue weighted by Crippen LogP contribution is -2.08. The normalized spacial score (nSPS) is 14.1. The highest BCUT2D eigenvalue weighted by Gasteiger charge is 2.13. The fourth-order valence-electron chi connectivity index (χ4n) is 2.93. The predicted octanol–water partition coefficient (Wildman–Crippen LogP) is 3.86. The van der Waals surface area contributed by atoms with Crippen molar-refractivity contribution in [1.29, 1.82) is 0 Å². The monoisotopic (exact) mass is 264 g/mol. The molecular formula is C17H16N2O. The summed E-state index contributed by atoms with van der Waals surface area (Å²) in [6, 6.07) is 10.7. The van der Waals surface area contributed by atoms with Crippen molar-refractivity contribution in [1.82, 2.24) is 9.97 Å². The van der Waals surface area contributed by atoms with Crippen LogP contribution in [0.2, 0.25) is 0 Å². The molecule has 0 bridgehead atoms. The standard InChI is InChI=1S/C17H16N2O/c1-11-9-15(14-6-7-18-17(14)19-11)12-4-5-16-13(10-12)3-2-8-20-16/h4-7,9-10H,2-3,8H2,1H3,(H,18,19). The summed E-state index contributed by atoms with van der Waals surface area (Å²) in [7, 11) is 0. The Bertz CT molecular complexity index is 789. The van der Waals surface area contributed by atoms with Gasteiger partial charge in [-0.05, 0) is 60.7 Å². The molecule has 0 unspecified atom stereocenters. The first-order valence-corrected chi connectivity index (χ1v) is 7.02. The van der Waals surface area contributed by atoms with Gasteiger partial charge in [0, 0.05) is 17.3 Å². The Hall–Kier alpha value is -2.29. The van der Waals surface area contributed by atoms with Crippen LogP contribution in [0.25, 0.3) is 22.2 Å². The van der Waals surface area contributed by atoms with E-state index in [9.17, 15) is 0 Å². The highest BCUT2D eigenvalue weighted by atomic mass is 16.5. The Morgan fingerprint density at radius 3 is 3.10 bits per heavy atom. The van der Waals surface area contributed by atoms with Gasteiger partial charge >= 0.3 is 0 Å². The Labute approximate surface area is 117 Å². The van der Waals surface area contributed by atoms with Crippen LogP contribution in [0.4, 0.5) is 0 Å². The quantitative estimate of drug-likeness (QED) is 0.724. The molecule has 0 saturated heterocycles. The summed E-state index contributed by atoms with van der Waals surface area (Å²) in [6.45, 7) is 2.87. The summed E-state index contributed by atoms with van der Waals surface area (Å²) in [5.74, 6) is 1.04. The summed E-state index contributed by atoms with van der Waals surface area (Å²) >= 11 is 0. The van der Waals surface area contributed by atoms with Crippen molar-refractivity contribution < 1.29 is 4.74 Å². The zero-order valence-electron chi connectivity index (χ0n) is 11.4. The lowest BCUT2D eigenvalue weighted by Gasteiger charge is -2.18. The molecule has 3 heterocycles. The fraction of sp³-hybridized carbons (Fsp3) is 0.235. The van der Waals surface area contributed by atoms with E-state index in [1.165, 1.54) is 22.1 Å². The highest BCUT2D eigenvalue weighted by molar-refractivity contribution is 5.93. The van der Waals surface area contributed by atoms with Gasteiger partial charge in [0.15, 0.2) is 0 Å². The fourth-order valence-corrected chi connectivity index (χ4v) is 2.93. The number of aryl methyl sites for hydroxylation is 2. The molecule has 1 N–H and O–H groups in total. The van der Waals surface area contributed by atoms with Gasteiger partial charge in [-0.1, -0.05) is 6.07 Å². The number of benzene rings is 1. The van der Waals surface area contributed by atoms with E-state index in [0.29, 0.717) is 0 Å². The molecule has 2 aromatic heterocycles. The van der Waals surface area contributed by atoms with Crippen molar-refractivity contribution in [2.75, 3.05) is 6.61 Å². The predicted molar refractivity (Wildman–Crippen MR) is 80.1 cm³/mol. The molecule has 0 radical (unpaired) electrons. The van der Waals surface area contributed by atoms with Crippen LogP contribution in [0.5, 0.6) is 5.75 Å². The van der Waals surface area contributed by atoms with Gasteiger partial charge in [-0.25, -0.2) is 4.98 Å². The van der Waals surface area contributed by atoms with Crippen LogP contribution in [-0.4, -0.2) is 16.6 Å². The number of nitrogens with one attached hydrogen (secondary N) is 1. The molecular weight excluding hydrogens is 248 g/mol. The van der Waals surface area contributed by atoms with E-state index < -0.39 is 0 Å². The number of hydrogen-bond acceptors (Lipinski definition) is 2.